The first-order chi connectivity index (χ1) is 10.1. The molecule has 2 heterocycles. The maximum Gasteiger partial charge on any atom is 0.246 e. The third-order valence-electron chi connectivity index (χ3n) is 4.41. The van der Waals surface area contributed by atoms with E-state index in [-0.39, 0.29) is 29.8 Å². The lowest BCUT2D eigenvalue weighted by Gasteiger charge is -2.30. The average molecular weight is 295 g/mol. The number of carbonyl (C=O) groups is 3. The van der Waals surface area contributed by atoms with E-state index in [0.29, 0.717) is 32.4 Å². The van der Waals surface area contributed by atoms with Crippen LogP contribution in [0.2, 0.25) is 0 Å². The molecule has 2 rings (SSSR count). The van der Waals surface area contributed by atoms with Crippen molar-refractivity contribution in [1.82, 2.24) is 15.1 Å². The molecule has 21 heavy (non-hydrogen) atoms. The largest absolute Gasteiger partial charge is 0.357 e. The molecule has 2 aliphatic rings. The zero-order valence-electron chi connectivity index (χ0n) is 12.9. The van der Waals surface area contributed by atoms with Crippen LogP contribution in [0.3, 0.4) is 0 Å². The van der Waals surface area contributed by atoms with Gasteiger partial charge in [-0.05, 0) is 32.1 Å². The standard InChI is InChI=1S/C15H25N3O3/c1-3-6-13(19)17-9-5-8-12(17)15(21)18-10-4-7-11(18)14(20)16-2/h11-12H,3-10H2,1-2H3,(H,16,20)/t11-,12-/m0/s1. The van der Waals surface area contributed by atoms with Crippen molar-refractivity contribution < 1.29 is 14.4 Å². The number of nitrogens with one attached hydrogen (secondary N) is 1. The smallest absolute Gasteiger partial charge is 0.246 e. The number of nitrogens with zero attached hydrogens (tertiary/aromatic N) is 2. The Kier molecular flexibility index (Phi) is 5.20. The summed E-state index contributed by atoms with van der Waals surface area (Å²) in [5.74, 6) is -0.0997. The Morgan fingerprint density at radius 2 is 1.67 bits per heavy atom. The monoisotopic (exact) mass is 295 g/mol. The Bertz CT molecular complexity index is 424. The first-order valence-corrected chi connectivity index (χ1v) is 7.91. The molecule has 0 aromatic rings. The number of likely N-dealkylation sites (tertiary alicyclic amines) is 2. The minimum absolute atomic E-state index is 0.0527. The molecule has 0 saturated carbocycles. The number of amides is 3. The molecular weight excluding hydrogens is 270 g/mol. The predicted molar refractivity (Wildman–Crippen MR) is 78.4 cm³/mol. The van der Waals surface area contributed by atoms with E-state index in [0.717, 1.165) is 19.3 Å². The molecule has 2 aliphatic heterocycles. The lowest BCUT2D eigenvalue weighted by molar-refractivity contribution is -0.146. The second-order valence-electron chi connectivity index (χ2n) is 5.80. The zero-order chi connectivity index (χ0) is 15.4. The molecule has 6 heteroatoms. The normalized spacial score (nSPS) is 25.2. The second-order valence-corrected chi connectivity index (χ2v) is 5.80. The molecule has 0 spiro atoms. The summed E-state index contributed by atoms with van der Waals surface area (Å²) in [6.07, 6.45) is 4.42. The van der Waals surface area contributed by atoms with E-state index in [1.807, 2.05) is 6.92 Å². The van der Waals surface area contributed by atoms with Gasteiger partial charge in [-0.25, -0.2) is 0 Å². The van der Waals surface area contributed by atoms with Crippen molar-refractivity contribution in [2.24, 2.45) is 0 Å². The van der Waals surface area contributed by atoms with E-state index in [9.17, 15) is 14.4 Å². The Morgan fingerprint density at radius 3 is 2.29 bits per heavy atom. The Balaban J connectivity index is 2.07. The highest BCUT2D eigenvalue weighted by atomic mass is 16.2. The van der Waals surface area contributed by atoms with Crippen LogP contribution in [0.15, 0.2) is 0 Å². The minimum atomic E-state index is -0.369. The van der Waals surface area contributed by atoms with Gasteiger partial charge in [-0.15, -0.1) is 0 Å². The summed E-state index contributed by atoms with van der Waals surface area (Å²) in [5.41, 5.74) is 0. The molecule has 2 saturated heterocycles. The highest BCUT2D eigenvalue weighted by Gasteiger charge is 2.41. The molecule has 0 aromatic carbocycles. The van der Waals surface area contributed by atoms with Gasteiger partial charge < -0.3 is 15.1 Å². The molecule has 0 unspecified atom stereocenters. The first kappa shape index (κ1) is 15.8. The molecule has 2 fully saturated rings. The van der Waals surface area contributed by atoms with Gasteiger partial charge in [0.05, 0.1) is 0 Å². The number of hydrogen-bond acceptors (Lipinski definition) is 3. The first-order valence-electron chi connectivity index (χ1n) is 7.91. The van der Waals surface area contributed by atoms with Gasteiger partial charge in [-0.3, -0.25) is 14.4 Å². The summed E-state index contributed by atoms with van der Waals surface area (Å²) in [7, 11) is 1.59. The van der Waals surface area contributed by atoms with Crippen molar-refractivity contribution in [2.45, 2.75) is 57.5 Å². The third kappa shape index (κ3) is 3.19. The maximum atomic E-state index is 12.7. The van der Waals surface area contributed by atoms with Crippen molar-refractivity contribution in [3.05, 3.63) is 0 Å². The van der Waals surface area contributed by atoms with Crippen molar-refractivity contribution >= 4 is 17.7 Å². The highest BCUT2D eigenvalue weighted by Crippen LogP contribution is 2.25. The van der Waals surface area contributed by atoms with Gasteiger partial charge in [0.15, 0.2) is 0 Å². The molecule has 6 nitrogen and oxygen atoms in total. The molecular formula is C15H25N3O3. The second kappa shape index (κ2) is 6.91. The van der Waals surface area contributed by atoms with Crippen molar-refractivity contribution in [3.8, 4) is 0 Å². The van der Waals surface area contributed by atoms with Gasteiger partial charge in [0.1, 0.15) is 12.1 Å². The van der Waals surface area contributed by atoms with E-state index in [1.165, 1.54) is 0 Å². The van der Waals surface area contributed by atoms with Crippen LogP contribution in [-0.4, -0.2) is 59.7 Å². The van der Waals surface area contributed by atoms with Crippen LogP contribution >= 0.6 is 0 Å². The molecule has 3 amide bonds. The number of likely N-dealkylation sites (N-methyl/N-ethyl adjacent to an activating group) is 1. The third-order valence-corrected chi connectivity index (χ3v) is 4.41. The van der Waals surface area contributed by atoms with Crippen molar-refractivity contribution in [1.29, 1.82) is 0 Å². The van der Waals surface area contributed by atoms with E-state index in [1.54, 1.807) is 16.8 Å². The summed E-state index contributed by atoms with van der Waals surface area (Å²) in [4.78, 5) is 40.1. The van der Waals surface area contributed by atoms with Crippen molar-refractivity contribution in [3.63, 3.8) is 0 Å². The number of rotatable bonds is 4. The fourth-order valence-electron chi connectivity index (χ4n) is 3.34. The quantitative estimate of drug-likeness (QED) is 0.822. The summed E-state index contributed by atoms with van der Waals surface area (Å²) in [6.45, 7) is 3.24. The number of hydrogen-bond donors (Lipinski definition) is 1. The van der Waals surface area contributed by atoms with Gasteiger partial charge in [0.25, 0.3) is 0 Å². The van der Waals surface area contributed by atoms with Gasteiger partial charge >= 0.3 is 0 Å². The lowest BCUT2D eigenvalue weighted by Crippen LogP contribution is -2.52. The minimum Gasteiger partial charge on any atom is -0.357 e. The Morgan fingerprint density at radius 1 is 1.05 bits per heavy atom. The lowest BCUT2D eigenvalue weighted by atomic mass is 10.1. The molecule has 1 N–H and O–H groups in total. The Hall–Kier alpha value is -1.59. The Labute approximate surface area is 125 Å². The van der Waals surface area contributed by atoms with Gasteiger partial charge in [0, 0.05) is 26.6 Å². The zero-order valence-corrected chi connectivity index (χ0v) is 12.9. The molecule has 118 valence electrons. The molecule has 2 atom stereocenters. The average Bonchev–Trinajstić information content (AvgIpc) is 3.14. The van der Waals surface area contributed by atoms with Crippen LogP contribution in [0.25, 0.3) is 0 Å². The van der Waals surface area contributed by atoms with Gasteiger partial charge in [-0.1, -0.05) is 6.92 Å². The fraction of sp³-hybridized carbons (Fsp3) is 0.800. The topological polar surface area (TPSA) is 69.7 Å². The SMILES string of the molecule is CCCC(=O)N1CCC[C@H]1C(=O)N1CCC[C@H]1C(=O)NC. The van der Waals surface area contributed by atoms with Crippen molar-refractivity contribution in [2.75, 3.05) is 20.1 Å². The summed E-state index contributed by atoms with van der Waals surface area (Å²) < 4.78 is 0. The van der Waals surface area contributed by atoms with Crippen LogP contribution in [0.1, 0.15) is 45.4 Å². The molecule has 0 aliphatic carbocycles. The molecule has 0 radical (unpaired) electrons. The fourth-order valence-corrected chi connectivity index (χ4v) is 3.34. The van der Waals surface area contributed by atoms with Crippen LogP contribution in [-0.2, 0) is 14.4 Å². The number of carbonyl (C=O) groups excluding carboxylic acids is 3. The summed E-state index contributed by atoms with van der Waals surface area (Å²) in [6, 6.07) is -0.736. The summed E-state index contributed by atoms with van der Waals surface area (Å²) in [5, 5.41) is 2.62. The maximum absolute atomic E-state index is 12.7. The highest BCUT2D eigenvalue weighted by molar-refractivity contribution is 5.92. The molecule has 0 bridgehead atoms. The van der Waals surface area contributed by atoms with E-state index in [4.69, 9.17) is 0 Å². The van der Waals surface area contributed by atoms with Gasteiger partial charge in [-0.2, -0.15) is 0 Å². The van der Waals surface area contributed by atoms with Crippen LogP contribution in [0.5, 0.6) is 0 Å². The van der Waals surface area contributed by atoms with Crippen LogP contribution < -0.4 is 5.32 Å². The van der Waals surface area contributed by atoms with E-state index < -0.39 is 0 Å². The predicted octanol–water partition coefficient (Wildman–Crippen LogP) is 0.515. The van der Waals surface area contributed by atoms with E-state index >= 15 is 0 Å². The molecule has 0 aromatic heterocycles. The van der Waals surface area contributed by atoms with Crippen LogP contribution in [0.4, 0.5) is 0 Å². The van der Waals surface area contributed by atoms with Gasteiger partial charge in [0.2, 0.25) is 17.7 Å². The summed E-state index contributed by atoms with van der Waals surface area (Å²) >= 11 is 0. The van der Waals surface area contributed by atoms with Crippen LogP contribution in [0, 0.1) is 0 Å². The van der Waals surface area contributed by atoms with E-state index in [2.05, 4.69) is 5.32 Å².